The van der Waals surface area contributed by atoms with Crippen molar-refractivity contribution < 1.29 is 54.3 Å². The second kappa shape index (κ2) is 19.8. The van der Waals surface area contributed by atoms with Crippen molar-refractivity contribution in [3.8, 4) is 0 Å². The smallest absolute Gasteiger partial charge is 0 e. The monoisotopic (exact) mass is 249 g/mol. The Bertz CT molecular complexity index is 8.00. The van der Waals surface area contributed by atoms with Gasteiger partial charge in [-0.3, -0.25) is 0 Å². The third kappa shape index (κ3) is 8.97. The Morgan fingerprint density at radius 2 is 1.00 bits per heavy atom. The summed E-state index contributed by atoms with van der Waals surface area (Å²) in [6, 6.07) is 0. The summed E-state index contributed by atoms with van der Waals surface area (Å²) in [6.45, 7) is 0. The van der Waals surface area contributed by atoms with Crippen molar-refractivity contribution in [3.63, 3.8) is 0 Å². The maximum atomic E-state index is 0. The molecule has 0 aliphatic carbocycles. The van der Waals surface area contributed by atoms with Crippen LogP contribution in [0, 0.1) is 0 Å². The van der Waals surface area contributed by atoms with Crippen LogP contribution in [0.2, 0.25) is 0 Å². The molecule has 0 aliphatic heterocycles. The number of rotatable bonds is 0. The zero-order valence-corrected chi connectivity index (χ0v) is 6.59. The van der Waals surface area contributed by atoms with Crippen LogP contribution < -0.4 is 0 Å². The van der Waals surface area contributed by atoms with Crippen LogP contribution in [0.4, 0.5) is 0 Å². The van der Waals surface area contributed by atoms with Crippen LogP contribution >= 0.6 is 13.5 Å². The maximum absolute atomic E-state index is 0. The minimum Gasteiger partial charge on any atom is -0.197 e. The Hall–Kier alpha value is 2.04. The molecular weight excluding hydrogens is 246 g/mol. The quantitative estimate of drug-likeness (QED) is 0.533. The van der Waals surface area contributed by atoms with Crippen LogP contribution in [-0.4, -0.2) is 0 Å². The fraction of sp³-hybridized carbons (Fsp3) is 0. The van der Waals surface area contributed by atoms with Crippen molar-refractivity contribution in [2.24, 2.45) is 0 Å². The Morgan fingerprint density at radius 3 is 1.00 bits per heavy atom. The van der Waals surface area contributed by atoms with Crippen molar-refractivity contribution in [2.45, 2.75) is 0 Å². The summed E-state index contributed by atoms with van der Waals surface area (Å²) in [5.41, 5.74) is 0. The van der Waals surface area contributed by atoms with Crippen LogP contribution in [0.3, 0.4) is 0 Å². The van der Waals surface area contributed by atoms with Gasteiger partial charge in [0.25, 0.3) is 0 Å². The molecule has 4 heavy (non-hydrogen) atoms. The maximum Gasteiger partial charge on any atom is 0 e. The molecule has 0 atom stereocenters. The minimum absolute atomic E-state index is 0. The molecule has 0 bridgehead atoms. The van der Waals surface area contributed by atoms with Gasteiger partial charge in [0.1, 0.15) is 0 Å². The van der Waals surface area contributed by atoms with Gasteiger partial charge in [0.2, 0.25) is 0 Å². The van der Waals surface area contributed by atoms with Gasteiger partial charge in [0.05, 0.1) is 0 Å². The molecule has 0 nitrogen and oxygen atoms in total. The van der Waals surface area contributed by atoms with Gasteiger partial charge in [-0.2, -0.15) is 13.5 Å². The molecule has 33 valence electrons. The van der Waals surface area contributed by atoms with Gasteiger partial charge in [-0.1, -0.05) is 0 Å². The summed E-state index contributed by atoms with van der Waals surface area (Å²) in [7, 11) is 0. The van der Waals surface area contributed by atoms with E-state index in [1.807, 2.05) is 0 Å². The van der Waals surface area contributed by atoms with Gasteiger partial charge >= 0.3 is 0 Å². The Balaban J connectivity index is 0. The van der Waals surface area contributed by atoms with Gasteiger partial charge < -0.3 is 0 Å². The van der Waals surface area contributed by atoms with E-state index < -0.39 is 0 Å². The molecule has 0 heterocycles. The zero-order valence-electron chi connectivity index (χ0n) is 1.56. The van der Waals surface area contributed by atoms with E-state index in [-0.39, 0.29) is 67.8 Å². The van der Waals surface area contributed by atoms with E-state index in [1.165, 1.54) is 0 Å². The molecule has 0 spiro atoms. The van der Waals surface area contributed by atoms with Gasteiger partial charge in [-0.25, -0.2) is 0 Å². The molecule has 0 fully saturated rings. The van der Waals surface area contributed by atoms with E-state index in [2.05, 4.69) is 0 Å². The van der Waals surface area contributed by atoms with Crippen LogP contribution in [0.5, 0.6) is 0 Å². The molecule has 0 saturated carbocycles. The van der Waals surface area contributed by atoms with Crippen molar-refractivity contribution in [3.05, 3.63) is 0 Å². The molecule has 4 heteroatoms. The Labute approximate surface area is 67.3 Å². The first-order chi connectivity index (χ1) is 0. The summed E-state index contributed by atoms with van der Waals surface area (Å²) in [4.78, 5) is 0. The molecule has 0 aromatic heterocycles. The van der Waals surface area contributed by atoms with E-state index in [0.717, 1.165) is 0 Å². The van der Waals surface area contributed by atoms with E-state index in [1.54, 1.807) is 0 Å². The fourth-order valence-corrected chi connectivity index (χ4v) is 0. The molecular formula is H2CoMoNiS. The first-order valence-corrected chi connectivity index (χ1v) is 0. The first-order valence-electron chi connectivity index (χ1n) is 0. The third-order valence-corrected chi connectivity index (χ3v) is 0. The Kier molecular flexibility index (Phi) is 182. The zero-order chi connectivity index (χ0) is 0. The van der Waals surface area contributed by atoms with E-state index in [9.17, 15) is 0 Å². The molecule has 0 amide bonds. The second-order valence-electron chi connectivity index (χ2n) is 0. The van der Waals surface area contributed by atoms with Gasteiger partial charge in [-0.05, 0) is 0 Å². The normalized spacial score (nSPS) is 0. The molecule has 0 aromatic rings. The largest absolute Gasteiger partial charge is 0.197 e. The van der Waals surface area contributed by atoms with Crippen molar-refractivity contribution in [2.75, 3.05) is 0 Å². The SMILES string of the molecule is S.[Co].[Mo].[Ni]. The summed E-state index contributed by atoms with van der Waals surface area (Å²) >= 11 is 0. The van der Waals surface area contributed by atoms with Gasteiger partial charge in [-0.15, -0.1) is 0 Å². The average molecular weight is 248 g/mol. The second-order valence-corrected chi connectivity index (χ2v) is 0. The van der Waals surface area contributed by atoms with Gasteiger partial charge in [0.15, 0.2) is 0 Å². The molecule has 0 saturated heterocycles. The molecule has 0 rings (SSSR count). The average Bonchev–Trinajstić information content (AvgIpc) is 0. The predicted octanol–water partition coefficient (Wildman–Crippen LogP) is 0.105. The van der Waals surface area contributed by atoms with Crippen molar-refractivity contribution in [1.29, 1.82) is 0 Å². The van der Waals surface area contributed by atoms with Crippen LogP contribution in [0.25, 0.3) is 0 Å². The van der Waals surface area contributed by atoms with Crippen LogP contribution in [0.1, 0.15) is 0 Å². The molecule has 0 unspecified atom stereocenters. The first kappa shape index (κ1) is 36.9. The van der Waals surface area contributed by atoms with Crippen LogP contribution in [0.15, 0.2) is 0 Å². The predicted molar refractivity (Wildman–Crippen MR) is 10.4 cm³/mol. The van der Waals surface area contributed by atoms with Crippen molar-refractivity contribution >= 4 is 13.5 Å². The number of hydrogen-bond acceptors (Lipinski definition) is 0. The van der Waals surface area contributed by atoms with Crippen LogP contribution in [-0.2, 0) is 54.3 Å². The van der Waals surface area contributed by atoms with E-state index >= 15 is 0 Å². The van der Waals surface area contributed by atoms with Gasteiger partial charge in [0, 0.05) is 54.3 Å². The summed E-state index contributed by atoms with van der Waals surface area (Å²) < 4.78 is 0. The van der Waals surface area contributed by atoms with E-state index in [4.69, 9.17) is 0 Å². The summed E-state index contributed by atoms with van der Waals surface area (Å²) in [5.74, 6) is 0. The van der Waals surface area contributed by atoms with Crippen molar-refractivity contribution in [1.82, 2.24) is 0 Å². The van der Waals surface area contributed by atoms with E-state index in [0.29, 0.717) is 0 Å². The summed E-state index contributed by atoms with van der Waals surface area (Å²) in [6.07, 6.45) is 0. The molecule has 1 radical (unpaired) electrons. The number of hydrogen-bond donors (Lipinski definition) is 0. The molecule has 0 aromatic carbocycles. The third-order valence-electron chi connectivity index (χ3n) is 0. The topological polar surface area (TPSA) is 0 Å². The Morgan fingerprint density at radius 1 is 1.00 bits per heavy atom. The minimum atomic E-state index is 0. The standard InChI is InChI=1S/Co.Mo.Ni.H2S/h;;;1H2. The molecule has 0 N–H and O–H groups in total. The summed E-state index contributed by atoms with van der Waals surface area (Å²) in [5, 5.41) is 0. The fourth-order valence-electron chi connectivity index (χ4n) is 0. The molecule has 0 aliphatic rings.